The van der Waals surface area contributed by atoms with Gasteiger partial charge in [-0.15, -0.1) is 10.2 Å². The number of alkyl halides is 2. The van der Waals surface area contributed by atoms with Crippen molar-refractivity contribution in [1.82, 2.24) is 14.9 Å². The molecule has 0 unspecified atom stereocenters. The summed E-state index contributed by atoms with van der Waals surface area (Å²) in [5.41, 5.74) is 1.83. The summed E-state index contributed by atoms with van der Waals surface area (Å²) < 4.78 is 38.3. The van der Waals surface area contributed by atoms with Crippen molar-refractivity contribution < 1.29 is 23.2 Å². The van der Waals surface area contributed by atoms with E-state index in [0.29, 0.717) is 16.9 Å². The Kier molecular flexibility index (Phi) is 7.36. The van der Waals surface area contributed by atoms with Crippen LogP contribution in [-0.2, 0) is 6.61 Å². The van der Waals surface area contributed by atoms with Crippen molar-refractivity contribution >= 4 is 23.7 Å². The molecule has 3 aromatic rings. The smallest absolute Gasteiger partial charge is 0.310 e. The molecule has 0 saturated carbocycles. The number of aryl methyl sites for hydroxylation is 1. The summed E-state index contributed by atoms with van der Waals surface area (Å²) in [4.78, 5) is 10.7. The van der Waals surface area contributed by atoms with E-state index in [2.05, 4.69) is 15.3 Å². The molecule has 0 aliphatic rings. The fourth-order valence-corrected chi connectivity index (χ4v) is 3.24. The van der Waals surface area contributed by atoms with Gasteiger partial charge in [0.25, 0.3) is 6.43 Å². The zero-order valence-corrected chi connectivity index (χ0v) is 18.2. The van der Waals surface area contributed by atoms with Crippen molar-refractivity contribution in [2.24, 2.45) is 5.10 Å². The van der Waals surface area contributed by atoms with Gasteiger partial charge in [-0.25, -0.2) is 8.78 Å². The fraction of sp³-hybridized carbons (Fsp3) is 0.250. The van der Waals surface area contributed by atoms with E-state index in [1.165, 1.54) is 19.4 Å². The molecule has 0 N–H and O–H groups in total. The molecular formula is C20H19F2N5O4S. The highest BCUT2D eigenvalue weighted by Gasteiger charge is 2.19. The Balaban J connectivity index is 1.88. The Morgan fingerprint density at radius 3 is 2.69 bits per heavy atom. The van der Waals surface area contributed by atoms with Gasteiger partial charge in [0.2, 0.25) is 11.0 Å². The second-order valence-electron chi connectivity index (χ2n) is 6.49. The van der Waals surface area contributed by atoms with Crippen LogP contribution < -0.4 is 9.47 Å². The van der Waals surface area contributed by atoms with Crippen LogP contribution in [0.2, 0.25) is 0 Å². The van der Waals surface area contributed by atoms with E-state index in [-0.39, 0.29) is 23.2 Å². The first-order valence-corrected chi connectivity index (χ1v) is 10.4. The number of rotatable bonds is 9. The molecule has 3 rings (SSSR count). The van der Waals surface area contributed by atoms with Crippen molar-refractivity contribution in [3.63, 3.8) is 0 Å². The molecule has 2 aromatic carbocycles. The minimum absolute atomic E-state index is 0.0138. The number of hydrogen-bond acceptors (Lipinski definition) is 8. The SMILES string of the molecule is COc1ccc(/C=N/n2c(SC)nnc2C(F)F)cc1COc1cc(C)ccc1[N+](=O)[O-]. The van der Waals surface area contributed by atoms with E-state index in [1.54, 1.807) is 43.5 Å². The first-order chi connectivity index (χ1) is 15.3. The summed E-state index contributed by atoms with van der Waals surface area (Å²) in [5, 5.41) is 22.7. The van der Waals surface area contributed by atoms with Crippen LogP contribution in [0.1, 0.15) is 28.9 Å². The zero-order chi connectivity index (χ0) is 23.3. The lowest BCUT2D eigenvalue weighted by Gasteiger charge is -2.12. The molecule has 1 aromatic heterocycles. The lowest BCUT2D eigenvalue weighted by molar-refractivity contribution is -0.386. The maximum Gasteiger partial charge on any atom is 0.310 e. The van der Waals surface area contributed by atoms with Gasteiger partial charge < -0.3 is 9.47 Å². The minimum atomic E-state index is -2.83. The molecule has 0 radical (unpaired) electrons. The quantitative estimate of drug-likeness (QED) is 0.197. The van der Waals surface area contributed by atoms with E-state index in [1.807, 2.05) is 0 Å². The van der Waals surface area contributed by atoms with E-state index in [0.717, 1.165) is 22.0 Å². The summed E-state index contributed by atoms with van der Waals surface area (Å²) in [6, 6.07) is 9.64. The van der Waals surface area contributed by atoms with E-state index in [9.17, 15) is 18.9 Å². The molecule has 9 nitrogen and oxygen atoms in total. The second-order valence-corrected chi connectivity index (χ2v) is 7.26. The second kappa shape index (κ2) is 10.2. The summed E-state index contributed by atoms with van der Waals surface area (Å²) >= 11 is 1.14. The van der Waals surface area contributed by atoms with Crippen LogP contribution in [0.5, 0.6) is 11.5 Å². The largest absolute Gasteiger partial charge is 0.496 e. The van der Waals surface area contributed by atoms with Crippen LogP contribution in [-0.4, -0.2) is 39.4 Å². The molecule has 0 saturated heterocycles. The highest BCUT2D eigenvalue weighted by molar-refractivity contribution is 7.98. The van der Waals surface area contributed by atoms with Crippen LogP contribution in [0, 0.1) is 17.0 Å². The number of halogens is 2. The molecule has 168 valence electrons. The topological polar surface area (TPSA) is 105 Å². The van der Waals surface area contributed by atoms with Gasteiger partial charge in [0.05, 0.1) is 18.2 Å². The Morgan fingerprint density at radius 1 is 1.25 bits per heavy atom. The number of nitro benzene ring substituents is 1. The van der Waals surface area contributed by atoms with Gasteiger partial charge in [-0.05, 0) is 48.6 Å². The lowest BCUT2D eigenvalue weighted by Crippen LogP contribution is -2.03. The summed E-state index contributed by atoms with van der Waals surface area (Å²) in [7, 11) is 1.48. The zero-order valence-electron chi connectivity index (χ0n) is 17.4. The normalized spacial score (nSPS) is 11.3. The van der Waals surface area contributed by atoms with Crippen LogP contribution >= 0.6 is 11.8 Å². The third-order valence-electron chi connectivity index (χ3n) is 4.34. The predicted molar refractivity (Wildman–Crippen MR) is 115 cm³/mol. The molecule has 0 aliphatic heterocycles. The van der Waals surface area contributed by atoms with E-state index in [4.69, 9.17) is 9.47 Å². The molecule has 12 heteroatoms. The third kappa shape index (κ3) is 5.19. The highest BCUT2D eigenvalue weighted by atomic mass is 32.2. The molecule has 0 fully saturated rings. The van der Waals surface area contributed by atoms with Crippen LogP contribution in [0.25, 0.3) is 0 Å². The maximum absolute atomic E-state index is 13.2. The number of benzene rings is 2. The summed E-state index contributed by atoms with van der Waals surface area (Å²) in [5.74, 6) is 0.0704. The fourth-order valence-electron chi connectivity index (χ4n) is 2.81. The van der Waals surface area contributed by atoms with Gasteiger partial charge in [0, 0.05) is 11.6 Å². The van der Waals surface area contributed by atoms with Gasteiger partial charge >= 0.3 is 5.69 Å². The number of nitro groups is 1. The molecule has 0 spiro atoms. The number of methoxy groups -OCH3 is 1. The molecule has 32 heavy (non-hydrogen) atoms. The average Bonchev–Trinajstić information content (AvgIpc) is 3.19. The number of thioether (sulfide) groups is 1. The van der Waals surface area contributed by atoms with Crippen LogP contribution in [0.15, 0.2) is 46.7 Å². The molecular weight excluding hydrogens is 444 g/mol. The van der Waals surface area contributed by atoms with Crippen molar-refractivity contribution in [2.45, 2.75) is 25.1 Å². The first-order valence-electron chi connectivity index (χ1n) is 9.20. The number of nitrogens with zero attached hydrogens (tertiary/aromatic N) is 5. The van der Waals surface area contributed by atoms with Gasteiger partial charge in [0.1, 0.15) is 12.4 Å². The lowest BCUT2D eigenvalue weighted by atomic mass is 10.1. The molecule has 0 bridgehead atoms. The Hall–Kier alpha value is -3.54. The molecule has 0 atom stereocenters. The Morgan fingerprint density at radius 2 is 2.03 bits per heavy atom. The van der Waals surface area contributed by atoms with Crippen molar-refractivity contribution in [2.75, 3.05) is 13.4 Å². The van der Waals surface area contributed by atoms with Gasteiger partial charge in [-0.3, -0.25) is 10.1 Å². The summed E-state index contributed by atoms with van der Waals surface area (Å²) in [6.45, 7) is 1.79. The van der Waals surface area contributed by atoms with Gasteiger partial charge in [-0.2, -0.15) is 9.78 Å². The summed E-state index contributed by atoms with van der Waals surface area (Å²) in [6.07, 6.45) is 0.233. The van der Waals surface area contributed by atoms with E-state index >= 15 is 0 Å². The van der Waals surface area contributed by atoms with Crippen LogP contribution in [0.4, 0.5) is 14.5 Å². The van der Waals surface area contributed by atoms with Crippen molar-refractivity contribution in [1.29, 1.82) is 0 Å². The third-order valence-corrected chi connectivity index (χ3v) is 4.96. The number of aromatic nitrogens is 3. The Labute approximate surface area is 186 Å². The van der Waals surface area contributed by atoms with Gasteiger partial charge in [0.15, 0.2) is 5.75 Å². The number of ether oxygens (including phenoxy) is 2. The molecule has 0 amide bonds. The average molecular weight is 463 g/mol. The molecule has 1 heterocycles. The first kappa shape index (κ1) is 23.1. The van der Waals surface area contributed by atoms with Crippen LogP contribution in [0.3, 0.4) is 0 Å². The minimum Gasteiger partial charge on any atom is -0.496 e. The standard InChI is InChI=1S/C20H19F2N5O4S/c1-12-4-6-15(27(28)29)17(8-12)31-11-14-9-13(5-7-16(14)30-2)10-23-26-19(18(21)22)24-25-20(26)32-3/h4-10,18H,11H2,1-3H3/b23-10+. The Bertz CT molecular complexity index is 1150. The number of hydrogen-bond donors (Lipinski definition) is 0. The van der Waals surface area contributed by atoms with Crippen molar-refractivity contribution in [3.05, 3.63) is 69.0 Å². The highest BCUT2D eigenvalue weighted by Crippen LogP contribution is 2.30. The predicted octanol–water partition coefficient (Wildman–Crippen LogP) is 4.62. The maximum atomic E-state index is 13.2. The van der Waals surface area contributed by atoms with Gasteiger partial charge in [-0.1, -0.05) is 17.8 Å². The van der Waals surface area contributed by atoms with E-state index < -0.39 is 17.2 Å². The van der Waals surface area contributed by atoms with Crippen molar-refractivity contribution in [3.8, 4) is 11.5 Å². The monoisotopic (exact) mass is 463 g/mol. The molecule has 0 aliphatic carbocycles.